The summed E-state index contributed by atoms with van der Waals surface area (Å²) in [5.74, 6) is 0.182. The van der Waals surface area contributed by atoms with E-state index in [-0.39, 0.29) is 11.1 Å². The van der Waals surface area contributed by atoms with Crippen LogP contribution in [0.1, 0.15) is 29.7 Å². The first-order chi connectivity index (χ1) is 9.56. The molecule has 0 bridgehead atoms. The van der Waals surface area contributed by atoms with Crippen molar-refractivity contribution in [1.29, 1.82) is 0 Å². The van der Waals surface area contributed by atoms with Gasteiger partial charge in [0.25, 0.3) is 0 Å². The van der Waals surface area contributed by atoms with Crippen LogP contribution in [-0.2, 0) is 0 Å². The predicted molar refractivity (Wildman–Crippen MR) is 77.8 cm³/mol. The molecule has 104 valence electrons. The van der Waals surface area contributed by atoms with Gasteiger partial charge in [-0.25, -0.2) is 4.39 Å². The van der Waals surface area contributed by atoms with Crippen molar-refractivity contribution in [2.75, 3.05) is 0 Å². The van der Waals surface area contributed by atoms with E-state index in [1.165, 1.54) is 6.07 Å². The number of nitrogens with two attached hydrogens (primary N) is 1. The lowest BCUT2D eigenvalue weighted by molar-refractivity contribution is 0.157. The van der Waals surface area contributed by atoms with Gasteiger partial charge >= 0.3 is 0 Å². The van der Waals surface area contributed by atoms with Crippen LogP contribution in [0.2, 0.25) is 10.0 Å². The zero-order valence-corrected chi connectivity index (χ0v) is 12.0. The maximum Gasteiger partial charge on any atom is 0.148 e. The molecule has 0 radical (unpaired) electrons. The minimum absolute atomic E-state index is 0.0848. The van der Waals surface area contributed by atoms with Crippen LogP contribution in [0.15, 0.2) is 36.4 Å². The Kier molecular flexibility index (Phi) is 3.59. The number of rotatable bonds is 1. The van der Waals surface area contributed by atoms with Crippen molar-refractivity contribution in [2.45, 2.75) is 18.6 Å². The van der Waals surface area contributed by atoms with Gasteiger partial charge in [0, 0.05) is 28.6 Å². The van der Waals surface area contributed by atoms with Crippen molar-refractivity contribution in [2.24, 2.45) is 5.73 Å². The van der Waals surface area contributed by atoms with E-state index in [2.05, 4.69) is 0 Å². The summed E-state index contributed by atoms with van der Waals surface area (Å²) in [7, 11) is 0. The lowest BCUT2D eigenvalue weighted by Crippen LogP contribution is -2.24. The number of hydrogen-bond donors (Lipinski definition) is 1. The molecule has 0 fully saturated rings. The summed E-state index contributed by atoms with van der Waals surface area (Å²) in [5, 5.41) is 0.691. The van der Waals surface area contributed by atoms with Gasteiger partial charge in [0.2, 0.25) is 0 Å². The first-order valence-corrected chi connectivity index (χ1v) is 6.97. The molecule has 2 atom stereocenters. The fourth-order valence-corrected chi connectivity index (χ4v) is 2.80. The van der Waals surface area contributed by atoms with Crippen LogP contribution in [-0.4, -0.2) is 0 Å². The van der Waals surface area contributed by atoms with Crippen molar-refractivity contribution in [3.05, 3.63) is 63.4 Å². The van der Waals surface area contributed by atoms with Crippen LogP contribution in [0, 0.1) is 5.82 Å². The molecule has 1 heterocycles. The smallest absolute Gasteiger partial charge is 0.148 e. The first-order valence-electron chi connectivity index (χ1n) is 6.22. The summed E-state index contributed by atoms with van der Waals surface area (Å²) in [5.41, 5.74) is 7.41. The van der Waals surface area contributed by atoms with Crippen molar-refractivity contribution in [1.82, 2.24) is 0 Å². The van der Waals surface area contributed by atoms with Crippen LogP contribution in [0.25, 0.3) is 0 Å². The molecule has 1 aliphatic rings. The molecule has 2 aromatic rings. The molecule has 5 heteroatoms. The van der Waals surface area contributed by atoms with E-state index in [0.29, 0.717) is 22.8 Å². The van der Waals surface area contributed by atoms with Crippen LogP contribution in [0.4, 0.5) is 4.39 Å². The van der Waals surface area contributed by atoms with Gasteiger partial charge in [-0.2, -0.15) is 0 Å². The molecule has 0 aliphatic carbocycles. The normalized spacial score (nSPS) is 21.2. The monoisotopic (exact) mass is 311 g/mol. The summed E-state index contributed by atoms with van der Waals surface area (Å²) >= 11 is 11.8. The van der Waals surface area contributed by atoms with Crippen LogP contribution in [0.3, 0.4) is 0 Å². The average Bonchev–Trinajstić information content (AvgIpc) is 2.42. The Balaban J connectivity index is 1.99. The van der Waals surface area contributed by atoms with E-state index in [4.69, 9.17) is 33.7 Å². The Bertz CT molecular complexity index is 662. The molecule has 0 saturated heterocycles. The van der Waals surface area contributed by atoms with Crippen LogP contribution >= 0.6 is 23.2 Å². The van der Waals surface area contributed by atoms with Gasteiger partial charge in [-0.05, 0) is 24.3 Å². The van der Waals surface area contributed by atoms with E-state index in [0.717, 1.165) is 5.56 Å². The lowest BCUT2D eigenvalue weighted by atomic mass is 9.93. The Morgan fingerprint density at radius 1 is 1.15 bits per heavy atom. The molecular formula is C15H12Cl2FNO. The van der Waals surface area contributed by atoms with Gasteiger partial charge in [0.1, 0.15) is 17.7 Å². The van der Waals surface area contributed by atoms with Crippen molar-refractivity contribution >= 4 is 23.2 Å². The average molecular weight is 312 g/mol. The molecule has 2 unspecified atom stereocenters. The molecule has 0 spiro atoms. The highest BCUT2D eigenvalue weighted by atomic mass is 35.5. The molecule has 0 saturated carbocycles. The van der Waals surface area contributed by atoms with Crippen molar-refractivity contribution in [3.8, 4) is 5.75 Å². The Morgan fingerprint density at radius 2 is 1.95 bits per heavy atom. The van der Waals surface area contributed by atoms with Crippen molar-refractivity contribution < 1.29 is 9.13 Å². The SMILES string of the molecule is NC1CC(c2cccc(Cl)c2F)Oc2ccc(Cl)cc21. The quantitative estimate of drug-likeness (QED) is 0.831. The third kappa shape index (κ3) is 2.37. The summed E-state index contributed by atoms with van der Waals surface area (Å²) in [6.45, 7) is 0. The molecule has 0 amide bonds. The van der Waals surface area contributed by atoms with E-state index < -0.39 is 11.9 Å². The zero-order valence-electron chi connectivity index (χ0n) is 10.4. The summed E-state index contributed by atoms with van der Waals surface area (Å²) in [6, 6.07) is 9.90. The van der Waals surface area contributed by atoms with E-state index >= 15 is 0 Å². The standard InChI is InChI=1S/C15H12Cl2FNO/c16-8-4-5-13-10(6-8)12(19)7-14(20-13)9-2-1-3-11(17)15(9)18/h1-6,12,14H,7,19H2. The topological polar surface area (TPSA) is 35.2 Å². The predicted octanol–water partition coefficient (Wildman–Crippen LogP) is 4.66. The number of ether oxygens (including phenoxy) is 1. The molecule has 2 nitrogen and oxygen atoms in total. The minimum Gasteiger partial charge on any atom is -0.485 e. The van der Waals surface area contributed by atoms with Gasteiger partial charge in [-0.3, -0.25) is 0 Å². The second-order valence-electron chi connectivity index (χ2n) is 4.77. The number of halogens is 3. The first kappa shape index (κ1) is 13.7. The minimum atomic E-state index is -0.455. The van der Waals surface area contributed by atoms with Gasteiger partial charge < -0.3 is 10.5 Å². The lowest BCUT2D eigenvalue weighted by Gasteiger charge is -2.31. The van der Waals surface area contributed by atoms with Gasteiger partial charge in [0.15, 0.2) is 0 Å². The van der Waals surface area contributed by atoms with Crippen molar-refractivity contribution in [3.63, 3.8) is 0 Å². The number of hydrogen-bond acceptors (Lipinski definition) is 2. The third-order valence-corrected chi connectivity index (χ3v) is 3.96. The van der Waals surface area contributed by atoms with E-state index in [1.54, 1.807) is 30.3 Å². The third-order valence-electron chi connectivity index (χ3n) is 3.44. The second kappa shape index (κ2) is 5.24. The molecule has 2 aromatic carbocycles. The summed E-state index contributed by atoms with van der Waals surface area (Å²) in [4.78, 5) is 0. The van der Waals surface area contributed by atoms with E-state index in [1.807, 2.05) is 0 Å². The largest absolute Gasteiger partial charge is 0.485 e. The second-order valence-corrected chi connectivity index (χ2v) is 5.62. The Hall–Kier alpha value is -1.29. The Morgan fingerprint density at radius 3 is 2.75 bits per heavy atom. The van der Waals surface area contributed by atoms with Gasteiger partial charge in [-0.1, -0.05) is 35.3 Å². The highest BCUT2D eigenvalue weighted by Crippen LogP contribution is 2.41. The van der Waals surface area contributed by atoms with E-state index in [9.17, 15) is 4.39 Å². The highest BCUT2D eigenvalue weighted by molar-refractivity contribution is 6.31. The molecule has 0 aromatic heterocycles. The molecule has 20 heavy (non-hydrogen) atoms. The number of fused-ring (bicyclic) bond motifs is 1. The van der Waals surface area contributed by atoms with Crippen LogP contribution in [0.5, 0.6) is 5.75 Å². The molecule has 2 N–H and O–H groups in total. The molecular weight excluding hydrogens is 300 g/mol. The Labute approximate surface area is 126 Å². The maximum atomic E-state index is 14.1. The molecule has 3 rings (SSSR count). The van der Waals surface area contributed by atoms with Gasteiger partial charge in [0.05, 0.1) is 5.02 Å². The zero-order chi connectivity index (χ0) is 14.3. The van der Waals surface area contributed by atoms with Crippen LogP contribution < -0.4 is 10.5 Å². The molecule has 1 aliphatic heterocycles. The summed E-state index contributed by atoms with van der Waals surface area (Å²) < 4.78 is 19.9. The fraction of sp³-hybridized carbons (Fsp3) is 0.200. The number of benzene rings is 2. The van der Waals surface area contributed by atoms with Gasteiger partial charge in [-0.15, -0.1) is 0 Å². The summed E-state index contributed by atoms with van der Waals surface area (Å²) in [6.07, 6.45) is 0.0299. The fourth-order valence-electron chi connectivity index (χ4n) is 2.43. The highest BCUT2D eigenvalue weighted by Gasteiger charge is 2.29. The maximum absolute atomic E-state index is 14.1.